The van der Waals surface area contributed by atoms with Gasteiger partial charge in [0, 0.05) is 12.0 Å². The number of nitrogens with two attached hydrogens (primary N) is 1. The average Bonchev–Trinajstić information content (AvgIpc) is 2.68. The van der Waals surface area contributed by atoms with Gasteiger partial charge in [-0.1, -0.05) is 6.07 Å². The SMILES string of the molecule is CNCCCc1ccc(O)c2c1CC1CC3CC(O)=C(C(N)=O)C(C)(O)C3C(=O)C1=C2O. The van der Waals surface area contributed by atoms with Crippen molar-refractivity contribution in [1.82, 2.24) is 5.32 Å². The topological polar surface area (TPSA) is 153 Å². The quantitative estimate of drug-likeness (QED) is 0.379. The van der Waals surface area contributed by atoms with Gasteiger partial charge in [0.05, 0.1) is 17.1 Å². The number of aliphatic hydroxyl groups excluding tert-OH is 2. The molecule has 8 nitrogen and oxygen atoms in total. The van der Waals surface area contributed by atoms with Crippen LogP contribution in [0.25, 0.3) is 5.76 Å². The number of rotatable bonds is 5. The molecule has 8 heteroatoms. The van der Waals surface area contributed by atoms with E-state index in [2.05, 4.69) is 5.32 Å². The molecule has 0 radical (unpaired) electrons. The number of phenolic OH excluding ortho intramolecular Hbond substituents is 1. The van der Waals surface area contributed by atoms with Crippen molar-refractivity contribution in [1.29, 1.82) is 0 Å². The lowest BCUT2D eigenvalue weighted by atomic mass is 9.57. The molecule has 1 aromatic rings. The number of carbonyl (C=O) groups excluding carboxylic acids is 2. The van der Waals surface area contributed by atoms with Crippen molar-refractivity contribution in [2.75, 3.05) is 13.6 Å². The molecule has 1 fully saturated rings. The smallest absolute Gasteiger partial charge is 0.250 e. The molecule has 3 aliphatic carbocycles. The number of ketones is 1. The van der Waals surface area contributed by atoms with Crippen molar-refractivity contribution in [3.05, 3.63) is 45.7 Å². The number of fused-ring (bicyclic) bond motifs is 3. The standard InChI is InChI=1S/C24H30N2O6/c1-24(32)19-13(10-16(28)20(24)23(25)31)8-12-9-14-11(4-3-7-26-2)5-6-15(27)18(14)21(29)17(12)22(19)30/h5-6,12-13,19,26-29,32H,3-4,7-10H2,1-2H3,(H2,25,31). The summed E-state index contributed by atoms with van der Waals surface area (Å²) in [6.45, 7) is 2.14. The third-order valence-electron chi connectivity index (χ3n) is 7.32. The third kappa shape index (κ3) is 3.29. The van der Waals surface area contributed by atoms with Crippen molar-refractivity contribution >= 4 is 17.4 Å². The Labute approximate surface area is 186 Å². The molecule has 1 aromatic carbocycles. The first-order chi connectivity index (χ1) is 15.1. The minimum Gasteiger partial charge on any atom is -0.512 e. The molecule has 4 atom stereocenters. The number of aryl methyl sites for hydroxylation is 1. The predicted octanol–water partition coefficient (Wildman–Crippen LogP) is 1.64. The number of hydrogen-bond acceptors (Lipinski definition) is 7. The lowest BCUT2D eigenvalue weighted by molar-refractivity contribution is -0.136. The first kappa shape index (κ1) is 22.4. The molecule has 0 spiro atoms. The van der Waals surface area contributed by atoms with Gasteiger partial charge in [0.15, 0.2) is 5.78 Å². The fourth-order valence-corrected chi connectivity index (χ4v) is 6.05. The zero-order chi connectivity index (χ0) is 23.4. The second kappa shape index (κ2) is 7.94. The first-order valence-corrected chi connectivity index (χ1v) is 11.0. The van der Waals surface area contributed by atoms with Crippen LogP contribution in [0, 0.1) is 17.8 Å². The predicted molar refractivity (Wildman–Crippen MR) is 118 cm³/mol. The van der Waals surface area contributed by atoms with E-state index in [1.54, 1.807) is 0 Å². The second-order valence-electron chi connectivity index (χ2n) is 9.34. The summed E-state index contributed by atoms with van der Waals surface area (Å²) in [5.41, 5.74) is 5.37. The van der Waals surface area contributed by atoms with Gasteiger partial charge in [-0.3, -0.25) is 9.59 Å². The molecule has 0 bridgehead atoms. The summed E-state index contributed by atoms with van der Waals surface area (Å²) in [4.78, 5) is 25.5. The molecule has 172 valence electrons. The Balaban J connectivity index is 1.80. The van der Waals surface area contributed by atoms with E-state index in [4.69, 9.17) is 5.73 Å². The van der Waals surface area contributed by atoms with Crippen LogP contribution < -0.4 is 11.1 Å². The van der Waals surface area contributed by atoms with Crippen molar-refractivity contribution in [2.45, 2.75) is 44.6 Å². The van der Waals surface area contributed by atoms with E-state index in [9.17, 15) is 30.0 Å². The summed E-state index contributed by atoms with van der Waals surface area (Å²) in [6.07, 6.45) is 2.64. The largest absolute Gasteiger partial charge is 0.512 e. The Kier molecular flexibility index (Phi) is 5.55. The third-order valence-corrected chi connectivity index (χ3v) is 7.32. The Bertz CT molecular complexity index is 1050. The van der Waals surface area contributed by atoms with Crippen LogP contribution in [0.3, 0.4) is 0 Å². The van der Waals surface area contributed by atoms with Gasteiger partial charge in [0.25, 0.3) is 5.91 Å². The van der Waals surface area contributed by atoms with E-state index in [0.717, 1.165) is 30.5 Å². The summed E-state index contributed by atoms with van der Waals surface area (Å²) in [5.74, 6) is -3.80. The van der Waals surface area contributed by atoms with E-state index < -0.39 is 29.1 Å². The molecule has 4 unspecified atom stereocenters. The van der Waals surface area contributed by atoms with Gasteiger partial charge in [0.1, 0.15) is 22.9 Å². The highest BCUT2D eigenvalue weighted by molar-refractivity contribution is 6.08. The lowest BCUT2D eigenvalue weighted by Gasteiger charge is -2.48. The van der Waals surface area contributed by atoms with Crippen molar-refractivity contribution in [2.24, 2.45) is 23.5 Å². The van der Waals surface area contributed by atoms with E-state index in [0.29, 0.717) is 12.8 Å². The van der Waals surface area contributed by atoms with Gasteiger partial charge >= 0.3 is 0 Å². The molecule has 0 aromatic heterocycles. The summed E-state index contributed by atoms with van der Waals surface area (Å²) >= 11 is 0. The molecule has 0 heterocycles. The number of phenols is 1. The van der Waals surface area contributed by atoms with Crippen molar-refractivity contribution < 1.29 is 30.0 Å². The molecule has 0 saturated heterocycles. The van der Waals surface area contributed by atoms with Crippen LogP contribution in [0.15, 0.2) is 29.0 Å². The van der Waals surface area contributed by atoms with Crippen LogP contribution in [-0.4, -0.2) is 51.3 Å². The zero-order valence-electron chi connectivity index (χ0n) is 18.3. The molecular weight excluding hydrogens is 412 g/mol. The fourth-order valence-electron chi connectivity index (χ4n) is 6.05. The first-order valence-electron chi connectivity index (χ1n) is 11.0. The molecule has 1 amide bonds. The Hall–Kier alpha value is -2.84. The average molecular weight is 443 g/mol. The van der Waals surface area contributed by atoms with E-state index in [1.807, 2.05) is 13.1 Å². The summed E-state index contributed by atoms with van der Waals surface area (Å²) in [6, 6.07) is 3.39. The van der Waals surface area contributed by atoms with Crippen LogP contribution in [-0.2, 0) is 22.4 Å². The Morgan fingerprint density at radius 3 is 2.62 bits per heavy atom. The summed E-state index contributed by atoms with van der Waals surface area (Å²) < 4.78 is 0. The number of allylic oxidation sites excluding steroid dienone is 2. The molecule has 4 rings (SSSR count). The summed E-state index contributed by atoms with van der Waals surface area (Å²) in [7, 11) is 1.88. The maximum absolute atomic E-state index is 13.6. The van der Waals surface area contributed by atoms with Gasteiger partial charge in [-0.2, -0.15) is 0 Å². The van der Waals surface area contributed by atoms with E-state index in [-0.39, 0.29) is 46.3 Å². The molecular formula is C24H30N2O6. The van der Waals surface area contributed by atoms with Crippen LogP contribution in [0.2, 0.25) is 0 Å². The van der Waals surface area contributed by atoms with Crippen LogP contribution >= 0.6 is 0 Å². The molecule has 3 aliphatic rings. The number of primary amides is 1. The number of hydrogen-bond donors (Lipinski definition) is 6. The van der Waals surface area contributed by atoms with Crippen LogP contribution in [0.4, 0.5) is 0 Å². The van der Waals surface area contributed by atoms with Crippen LogP contribution in [0.5, 0.6) is 5.75 Å². The van der Waals surface area contributed by atoms with Gasteiger partial charge in [-0.15, -0.1) is 0 Å². The number of carbonyl (C=O) groups is 2. The minimum absolute atomic E-state index is 0.0668. The highest BCUT2D eigenvalue weighted by Gasteiger charge is 2.56. The number of benzene rings is 1. The van der Waals surface area contributed by atoms with E-state index >= 15 is 0 Å². The fraction of sp³-hybridized carbons (Fsp3) is 0.500. The molecule has 0 aliphatic heterocycles. The van der Waals surface area contributed by atoms with Crippen LogP contribution in [0.1, 0.15) is 42.9 Å². The number of Topliss-reactive ketones (excluding diaryl/α,β-unsaturated/α-hetero) is 1. The number of aliphatic hydroxyl groups is 3. The Morgan fingerprint density at radius 1 is 1.25 bits per heavy atom. The number of aromatic hydroxyl groups is 1. The normalized spacial score (nSPS) is 29.5. The number of amides is 1. The van der Waals surface area contributed by atoms with Crippen molar-refractivity contribution in [3.63, 3.8) is 0 Å². The van der Waals surface area contributed by atoms with Gasteiger partial charge in [-0.05, 0) is 75.2 Å². The second-order valence-corrected chi connectivity index (χ2v) is 9.34. The highest BCUT2D eigenvalue weighted by Crippen LogP contribution is 2.53. The zero-order valence-corrected chi connectivity index (χ0v) is 18.3. The molecule has 32 heavy (non-hydrogen) atoms. The van der Waals surface area contributed by atoms with Gasteiger partial charge < -0.3 is 31.5 Å². The molecule has 1 saturated carbocycles. The van der Waals surface area contributed by atoms with Gasteiger partial charge in [0.2, 0.25) is 0 Å². The van der Waals surface area contributed by atoms with Crippen molar-refractivity contribution in [3.8, 4) is 5.75 Å². The van der Waals surface area contributed by atoms with Gasteiger partial charge in [-0.25, -0.2) is 0 Å². The number of nitrogens with one attached hydrogen (secondary N) is 1. The maximum atomic E-state index is 13.6. The monoisotopic (exact) mass is 442 g/mol. The molecule has 7 N–H and O–H groups in total. The highest BCUT2D eigenvalue weighted by atomic mass is 16.3. The van der Waals surface area contributed by atoms with E-state index in [1.165, 1.54) is 13.0 Å². The summed E-state index contributed by atoms with van der Waals surface area (Å²) in [5, 5.41) is 46.3. The Morgan fingerprint density at radius 2 is 1.97 bits per heavy atom. The minimum atomic E-state index is -1.95. The lowest BCUT2D eigenvalue weighted by Crippen LogP contribution is -2.55. The maximum Gasteiger partial charge on any atom is 0.250 e.